The molecule has 0 spiro atoms. The Hall–Kier alpha value is -0.450. The molecule has 0 aliphatic heterocycles. The lowest BCUT2D eigenvalue weighted by atomic mass is 10.1. The minimum Gasteiger partial charge on any atom is -0.396 e. The zero-order chi connectivity index (χ0) is 11.1. The molecule has 0 aromatic carbocycles. The molecule has 1 aromatic rings. The second-order valence-electron chi connectivity index (χ2n) is 3.97. The van der Waals surface area contributed by atoms with Gasteiger partial charge >= 0.3 is 0 Å². The summed E-state index contributed by atoms with van der Waals surface area (Å²) in [5, 5.41) is 12.2. The molecule has 86 valence electrons. The number of rotatable bonds is 7. The quantitative estimate of drug-likeness (QED) is 0.701. The molecule has 0 bridgehead atoms. The number of aliphatic hydroxyl groups excluding tert-OH is 1. The topological polar surface area (TPSA) is 45.2 Å². The molecule has 0 fully saturated rings. The van der Waals surface area contributed by atoms with Crippen molar-refractivity contribution in [2.24, 2.45) is 5.92 Å². The molecule has 0 radical (unpaired) electrons. The van der Waals surface area contributed by atoms with Gasteiger partial charge in [-0.05, 0) is 32.2 Å². The van der Waals surface area contributed by atoms with Crippen molar-refractivity contribution >= 4 is 11.3 Å². The SMILES string of the molecule is Cc1ncsc1CNCCCC(C)CO. The van der Waals surface area contributed by atoms with Crippen molar-refractivity contribution in [1.29, 1.82) is 0 Å². The monoisotopic (exact) mass is 228 g/mol. The van der Waals surface area contributed by atoms with Crippen LogP contribution in [0.5, 0.6) is 0 Å². The first-order chi connectivity index (χ1) is 7.24. The standard InChI is InChI=1S/C11H20N2OS/c1-9(7-14)4-3-5-12-6-11-10(2)13-8-15-11/h8-9,12,14H,3-7H2,1-2H3. The fraction of sp³-hybridized carbons (Fsp3) is 0.727. The van der Waals surface area contributed by atoms with Gasteiger partial charge in [-0.2, -0.15) is 0 Å². The second-order valence-corrected chi connectivity index (χ2v) is 4.91. The van der Waals surface area contributed by atoms with E-state index in [2.05, 4.69) is 17.2 Å². The van der Waals surface area contributed by atoms with E-state index in [1.807, 2.05) is 12.4 Å². The number of hydrogen-bond acceptors (Lipinski definition) is 4. The predicted octanol–water partition coefficient (Wildman–Crippen LogP) is 1.95. The molecule has 0 aliphatic carbocycles. The molecule has 1 atom stereocenters. The van der Waals surface area contributed by atoms with E-state index in [0.717, 1.165) is 31.6 Å². The zero-order valence-corrected chi connectivity index (χ0v) is 10.3. The third-order valence-corrected chi connectivity index (χ3v) is 3.43. The Morgan fingerprint density at radius 1 is 1.60 bits per heavy atom. The van der Waals surface area contributed by atoms with Crippen LogP contribution in [0, 0.1) is 12.8 Å². The Bertz CT molecular complexity index is 275. The minimum atomic E-state index is 0.300. The molecule has 15 heavy (non-hydrogen) atoms. The van der Waals surface area contributed by atoms with Crippen molar-refractivity contribution in [1.82, 2.24) is 10.3 Å². The van der Waals surface area contributed by atoms with E-state index in [4.69, 9.17) is 5.11 Å². The third kappa shape index (κ3) is 4.73. The second kappa shape index (κ2) is 6.93. The molecule has 1 heterocycles. The lowest BCUT2D eigenvalue weighted by Crippen LogP contribution is -2.15. The molecule has 0 saturated carbocycles. The number of hydrogen-bond donors (Lipinski definition) is 2. The Morgan fingerprint density at radius 2 is 2.40 bits per heavy atom. The molecule has 4 heteroatoms. The number of thiazole rings is 1. The first-order valence-electron chi connectivity index (χ1n) is 5.44. The van der Waals surface area contributed by atoms with Gasteiger partial charge < -0.3 is 10.4 Å². The number of aliphatic hydroxyl groups is 1. The molecule has 2 N–H and O–H groups in total. The summed E-state index contributed by atoms with van der Waals surface area (Å²) >= 11 is 1.70. The van der Waals surface area contributed by atoms with E-state index in [-0.39, 0.29) is 0 Å². The summed E-state index contributed by atoms with van der Waals surface area (Å²) in [6, 6.07) is 0. The molecule has 1 rings (SSSR count). The van der Waals surface area contributed by atoms with Crippen LogP contribution in [0.1, 0.15) is 30.3 Å². The third-order valence-electron chi connectivity index (χ3n) is 2.49. The Labute approximate surface area is 95.6 Å². The largest absolute Gasteiger partial charge is 0.396 e. The lowest BCUT2D eigenvalue weighted by molar-refractivity contribution is 0.228. The van der Waals surface area contributed by atoms with Crippen molar-refractivity contribution in [3.63, 3.8) is 0 Å². The highest BCUT2D eigenvalue weighted by Crippen LogP contribution is 2.11. The summed E-state index contributed by atoms with van der Waals surface area (Å²) in [6.45, 7) is 6.36. The van der Waals surface area contributed by atoms with Gasteiger partial charge in [0.2, 0.25) is 0 Å². The van der Waals surface area contributed by atoms with Crippen LogP contribution in [0.4, 0.5) is 0 Å². The molecule has 0 aliphatic rings. The lowest BCUT2D eigenvalue weighted by Gasteiger charge is -2.07. The smallest absolute Gasteiger partial charge is 0.0798 e. The highest BCUT2D eigenvalue weighted by Gasteiger charge is 2.01. The van der Waals surface area contributed by atoms with Gasteiger partial charge in [-0.1, -0.05) is 6.92 Å². The van der Waals surface area contributed by atoms with Crippen molar-refractivity contribution in [2.45, 2.75) is 33.2 Å². The van der Waals surface area contributed by atoms with Crippen LogP contribution in [0.2, 0.25) is 0 Å². The van der Waals surface area contributed by atoms with Crippen molar-refractivity contribution in [3.8, 4) is 0 Å². The van der Waals surface area contributed by atoms with Crippen LogP contribution in [-0.4, -0.2) is 23.2 Å². The Kier molecular flexibility index (Phi) is 5.83. The molecule has 1 unspecified atom stereocenters. The average molecular weight is 228 g/mol. The van der Waals surface area contributed by atoms with Gasteiger partial charge in [0.05, 0.1) is 11.2 Å². The molecule has 0 amide bonds. The summed E-state index contributed by atoms with van der Waals surface area (Å²) in [7, 11) is 0. The van der Waals surface area contributed by atoms with Gasteiger partial charge in [0.25, 0.3) is 0 Å². The van der Waals surface area contributed by atoms with E-state index in [1.54, 1.807) is 11.3 Å². The van der Waals surface area contributed by atoms with Gasteiger partial charge in [-0.3, -0.25) is 0 Å². The number of aryl methyl sites for hydroxylation is 1. The normalized spacial score (nSPS) is 13.0. The van der Waals surface area contributed by atoms with Gasteiger partial charge in [-0.15, -0.1) is 11.3 Å². The number of aromatic nitrogens is 1. The van der Waals surface area contributed by atoms with Crippen LogP contribution in [-0.2, 0) is 6.54 Å². The minimum absolute atomic E-state index is 0.300. The van der Waals surface area contributed by atoms with E-state index < -0.39 is 0 Å². The van der Waals surface area contributed by atoms with E-state index in [1.165, 1.54) is 4.88 Å². The van der Waals surface area contributed by atoms with Gasteiger partial charge in [0.15, 0.2) is 0 Å². The summed E-state index contributed by atoms with van der Waals surface area (Å²) in [6.07, 6.45) is 2.21. The number of nitrogens with one attached hydrogen (secondary N) is 1. The van der Waals surface area contributed by atoms with E-state index >= 15 is 0 Å². The fourth-order valence-corrected chi connectivity index (χ4v) is 2.11. The van der Waals surface area contributed by atoms with Gasteiger partial charge in [0, 0.05) is 18.0 Å². The summed E-state index contributed by atoms with van der Waals surface area (Å²) < 4.78 is 0. The van der Waals surface area contributed by atoms with E-state index in [0.29, 0.717) is 12.5 Å². The van der Waals surface area contributed by atoms with Crippen LogP contribution in [0.3, 0.4) is 0 Å². The Balaban J connectivity index is 2.05. The molecular weight excluding hydrogens is 208 g/mol. The maximum absolute atomic E-state index is 8.85. The first kappa shape index (κ1) is 12.6. The zero-order valence-electron chi connectivity index (χ0n) is 9.49. The summed E-state index contributed by atoms with van der Waals surface area (Å²) in [5.41, 5.74) is 3.02. The average Bonchev–Trinajstić information content (AvgIpc) is 2.63. The molecule has 1 aromatic heterocycles. The highest BCUT2D eigenvalue weighted by molar-refractivity contribution is 7.09. The Morgan fingerprint density at radius 3 is 3.00 bits per heavy atom. The van der Waals surface area contributed by atoms with Crippen LogP contribution >= 0.6 is 11.3 Å². The van der Waals surface area contributed by atoms with Crippen LogP contribution in [0.25, 0.3) is 0 Å². The predicted molar refractivity (Wildman–Crippen MR) is 64.0 cm³/mol. The maximum atomic E-state index is 8.85. The molecular formula is C11H20N2OS. The highest BCUT2D eigenvalue weighted by atomic mass is 32.1. The first-order valence-corrected chi connectivity index (χ1v) is 6.32. The molecule has 0 saturated heterocycles. The van der Waals surface area contributed by atoms with Crippen molar-refractivity contribution in [3.05, 3.63) is 16.1 Å². The van der Waals surface area contributed by atoms with E-state index in [9.17, 15) is 0 Å². The van der Waals surface area contributed by atoms with Gasteiger partial charge in [0.1, 0.15) is 0 Å². The van der Waals surface area contributed by atoms with Crippen LogP contribution < -0.4 is 5.32 Å². The number of nitrogens with zero attached hydrogens (tertiary/aromatic N) is 1. The summed E-state index contributed by atoms with van der Waals surface area (Å²) in [5.74, 6) is 0.428. The fourth-order valence-electron chi connectivity index (χ4n) is 1.36. The maximum Gasteiger partial charge on any atom is 0.0798 e. The summed E-state index contributed by atoms with van der Waals surface area (Å²) in [4.78, 5) is 5.53. The van der Waals surface area contributed by atoms with Crippen molar-refractivity contribution < 1.29 is 5.11 Å². The van der Waals surface area contributed by atoms with Crippen molar-refractivity contribution in [2.75, 3.05) is 13.2 Å². The molecule has 3 nitrogen and oxygen atoms in total. The van der Waals surface area contributed by atoms with Crippen LogP contribution in [0.15, 0.2) is 5.51 Å². The van der Waals surface area contributed by atoms with Gasteiger partial charge in [-0.25, -0.2) is 4.98 Å².